The van der Waals surface area contributed by atoms with Crippen molar-refractivity contribution in [1.82, 2.24) is 9.13 Å². The number of thiophene rings is 1. The number of fused-ring (bicyclic) bond motifs is 1. The zero-order chi connectivity index (χ0) is 23.7. The number of aryl methyl sites for hydroxylation is 2. The first kappa shape index (κ1) is 22.8. The Morgan fingerprint density at radius 2 is 1.85 bits per heavy atom. The number of carbonyl (C=O) groups is 1. The van der Waals surface area contributed by atoms with Crippen LogP contribution in [0.2, 0.25) is 5.02 Å². The second-order valence-electron chi connectivity index (χ2n) is 7.71. The number of nitrogens with zero attached hydrogens (tertiary/aromatic N) is 2. The first-order valence-electron chi connectivity index (χ1n) is 10.2. The van der Waals surface area contributed by atoms with Crippen molar-refractivity contribution in [2.45, 2.75) is 26.9 Å². The molecule has 0 fully saturated rings. The number of aromatic nitrogens is 2. The van der Waals surface area contributed by atoms with Gasteiger partial charge in [0.05, 0.1) is 24.2 Å². The molecule has 9 heteroatoms. The second kappa shape index (κ2) is 9.25. The number of hydrogen-bond acceptors (Lipinski definition) is 5. The maximum atomic E-state index is 13.3. The molecule has 0 saturated carbocycles. The van der Waals surface area contributed by atoms with Gasteiger partial charge in [-0.1, -0.05) is 29.8 Å². The lowest BCUT2D eigenvalue weighted by Crippen LogP contribution is -2.41. The van der Waals surface area contributed by atoms with Gasteiger partial charge in [-0.3, -0.25) is 18.7 Å². The van der Waals surface area contributed by atoms with Gasteiger partial charge in [-0.2, -0.15) is 0 Å². The number of rotatable bonds is 6. The lowest BCUT2D eigenvalue weighted by Gasteiger charge is -2.13. The van der Waals surface area contributed by atoms with Crippen molar-refractivity contribution in [2.75, 3.05) is 12.4 Å². The molecule has 170 valence electrons. The Morgan fingerprint density at radius 3 is 2.55 bits per heavy atom. The molecule has 0 aliphatic heterocycles. The SMILES string of the molecule is COc1ccc(NC(=O)Cn2c(=O)n(Cc3ccc(C)c(C)c3)c(=O)c3sccc32)cc1Cl. The van der Waals surface area contributed by atoms with Crippen molar-refractivity contribution in [3.05, 3.63) is 90.4 Å². The Bertz CT molecular complexity index is 1490. The highest BCUT2D eigenvalue weighted by Crippen LogP contribution is 2.27. The van der Waals surface area contributed by atoms with E-state index in [0.29, 0.717) is 26.7 Å². The number of hydrogen-bond donors (Lipinski definition) is 1. The predicted octanol–water partition coefficient (Wildman–Crippen LogP) is 4.19. The van der Waals surface area contributed by atoms with E-state index in [0.717, 1.165) is 16.7 Å². The van der Waals surface area contributed by atoms with Crippen LogP contribution in [0.5, 0.6) is 5.75 Å². The summed E-state index contributed by atoms with van der Waals surface area (Å²) in [7, 11) is 1.50. The van der Waals surface area contributed by atoms with Gasteiger partial charge in [-0.05, 0) is 60.2 Å². The Morgan fingerprint density at radius 1 is 1.06 bits per heavy atom. The number of nitrogens with one attached hydrogen (secondary N) is 1. The molecule has 1 amide bonds. The minimum atomic E-state index is -0.535. The smallest absolute Gasteiger partial charge is 0.332 e. The van der Waals surface area contributed by atoms with Crippen LogP contribution in [0.3, 0.4) is 0 Å². The van der Waals surface area contributed by atoms with Gasteiger partial charge in [0.1, 0.15) is 17.0 Å². The summed E-state index contributed by atoms with van der Waals surface area (Å²) in [5.41, 5.74) is 3.08. The molecule has 0 aliphatic carbocycles. The lowest BCUT2D eigenvalue weighted by atomic mass is 10.1. The minimum absolute atomic E-state index is 0.127. The van der Waals surface area contributed by atoms with Crippen LogP contribution in [0.25, 0.3) is 10.2 Å². The van der Waals surface area contributed by atoms with Crippen LogP contribution in [-0.4, -0.2) is 22.2 Å². The van der Waals surface area contributed by atoms with Crippen molar-refractivity contribution < 1.29 is 9.53 Å². The Labute approximate surface area is 198 Å². The maximum Gasteiger partial charge on any atom is 0.332 e. The number of halogens is 1. The molecule has 4 rings (SSSR count). The van der Waals surface area contributed by atoms with Gasteiger partial charge in [0, 0.05) is 5.69 Å². The summed E-state index contributed by atoms with van der Waals surface area (Å²) < 4.78 is 8.06. The molecule has 2 heterocycles. The number of ether oxygens (including phenoxy) is 1. The van der Waals surface area contributed by atoms with Crippen molar-refractivity contribution >= 4 is 44.7 Å². The molecule has 0 unspecified atom stereocenters. The van der Waals surface area contributed by atoms with Crippen LogP contribution in [0.1, 0.15) is 16.7 Å². The van der Waals surface area contributed by atoms with E-state index in [1.807, 2.05) is 32.0 Å². The van der Waals surface area contributed by atoms with E-state index in [9.17, 15) is 14.4 Å². The fourth-order valence-corrected chi connectivity index (χ4v) is 4.70. The maximum absolute atomic E-state index is 13.3. The quantitative estimate of drug-likeness (QED) is 0.446. The fraction of sp³-hybridized carbons (Fsp3) is 0.208. The van der Waals surface area contributed by atoms with Crippen LogP contribution < -0.4 is 21.3 Å². The number of carbonyl (C=O) groups excluding carboxylic acids is 1. The lowest BCUT2D eigenvalue weighted by molar-refractivity contribution is -0.116. The average molecular weight is 484 g/mol. The molecule has 0 spiro atoms. The number of amides is 1. The Kier molecular flexibility index (Phi) is 6.40. The molecule has 0 bridgehead atoms. The summed E-state index contributed by atoms with van der Waals surface area (Å²) in [5.74, 6) is 0.0755. The van der Waals surface area contributed by atoms with E-state index < -0.39 is 11.6 Å². The van der Waals surface area contributed by atoms with Gasteiger partial charge >= 0.3 is 5.69 Å². The zero-order valence-electron chi connectivity index (χ0n) is 18.3. The topological polar surface area (TPSA) is 82.3 Å². The molecule has 0 atom stereocenters. The Hall–Kier alpha value is -3.36. The third kappa shape index (κ3) is 4.58. The summed E-state index contributed by atoms with van der Waals surface area (Å²) in [5, 5.41) is 4.84. The summed E-state index contributed by atoms with van der Waals surface area (Å²) in [6.45, 7) is 3.87. The van der Waals surface area contributed by atoms with Crippen LogP contribution in [0.4, 0.5) is 5.69 Å². The van der Waals surface area contributed by atoms with Gasteiger partial charge in [-0.15, -0.1) is 11.3 Å². The van der Waals surface area contributed by atoms with Crippen LogP contribution in [0.15, 0.2) is 57.4 Å². The van der Waals surface area contributed by atoms with Crippen molar-refractivity contribution in [1.29, 1.82) is 0 Å². The van der Waals surface area contributed by atoms with Gasteiger partial charge in [-0.25, -0.2) is 4.79 Å². The van der Waals surface area contributed by atoms with E-state index in [1.54, 1.807) is 29.6 Å². The summed E-state index contributed by atoms with van der Waals surface area (Å²) in [4.78, 5) is 39.1. The standard InChI is InChI=1S/C24H22ClN3O4S/c1-14-4-5-16(10-15(14)2)12-28-23(30)22-19(8-9-33-22)27(24(28)31)13-21(29)26-17-6-7-20(32-3)18(25)11-17/h4-11H,12-13H2,1-3H3,(H,26,29). The molecule has 4 aromatic rings. The highest BCUT2D eigenvalue weighted by molar-refractivity contribution is 7.17. The number of benzene rings is 2. The van der Waals surface area contributed by atoms with Crippen LogP contribution in [-0.2, 0) is 17.9 Å². The largest absolute Gasteiger partial charge is 0.495 e. The summed E-state index contributed by atoms with van der Waals surface area (Å²) >= 11 is 7.38. The average Bonchev–Trinajstić information content (AvgIpc) is 3.27. The van der Waals surface area contributed by atoms with Crippen molar-refractivity contribution in [3.63, 3.8) is 0 Å². The molecule has 1 N–H and O–H groups in total. The third-order valence-corrected chi connectivity index (χ3v) is 6.67. The molecule has 2 aromatic heterocycles. The minimum Gasteiger partial charge on any atom is -0.495 e. The van der Waals surface area contributed by atoms with E-state index in [1.165, 1.54) is 27.6 Å². The highest BCUT2D eigenvalue weighted by atomic mass is 35.5. The van der Waals surface area contributed by atoms with Crippen LogP contribution >= 0.6 is 22.9 Å². The molecular formula is C24H22ClN3O4S. The van der Waals surface area contributed by atoms with Crippen molar-refractivity contribution in [2.24, 2.45) is 0 Å². The summed E-state index contributed by atoms with van der Waals surface area (Å²) in [6.07, 6.45) is 0. The molecular weight excluding hydrogens is 462 g/mol. The predicted molar refractivity (Wildman–Crippen MR) is 132 cm³/mol. The zero-order valence-corrected chi connectivity index (χ0v) is 19.9. The first-order valence-corrected chi connectivity index (χ1v) is 11.4. The second-order valence-corrected chi connectivity index (χ2v) is 9.03. The number of methoxy groups -OCH3 is 1. The van der Waals surface area contributed by atoms with E-state index in [4.69, 9.17) is 16.3 Å². The van der Waals surface area contributed by atoms with Crippen LogP contribution in [0, 0.1) is 13.8 Å². The van der Waals surface area contributed by atoms with Gasteiger partial charge in [0.2, 0.25) is 5.91 Å². The first-order chi connectivity index (χ1) is 15.8. The normalized spacial score (nSPS) is 11.0. The molecule has 0 radical (unpaired) electrons. The molecule has 7 nitrogen and oxygen atoms in total. The summed E-state index contributed by atoms with van der Waals surface area (Å²) in [6, 6.07) is 12.4. The molecule has 2 aromatic carbocycles. The number of anilines is 1. The monoisotopic (exact) mass is 483 g/mol. The van der Waals surface area contributed by atoms with E-state index >= 15 is 0 Å². The molecule has 0 aliphatic rings. The highest BCUT2D eigenvalue weighted by Gasteiger charge is 2.17. The molecule has 0 saturated heterocycles. The third-order valence-electron chi connectivity index (χ3n) is 5.49. The fourth-order valence-electron chi connectivity index (χ4n) is 3.60. The van der Waals surface area contributed by atoms with Gasteiger partial charge < -0.3 is 10.1 Å². The van der Waals surface area contributed by atoms with E-state index in [-0.39, 0.29) is 18.6 Å². The molecule has 33 heavy (non-hydrogen) atoms. The van der Waals surface area contributed by atoms with Gasteiger partial charge in [0.25, 0.3) is 5.56 Å². The van der Waals surface area contributed by atoms with Gasteiger partial charge in [0.15, 0.2) is 0 Å². The van der Waals surface area contributed by atoms with E-state index in [2.05, 4.69) is 5.32 Å². The van der Waals surface area contributed by atoms with Crippen molar-refractivity contribution in [3.8, 4) is 5.75 Å². The Balaban J connectivity index is 1.68.